The number of carbonyl (C=O) groups is 1. The van der Waals surface area contributed by atoms with Crippen LogP contribution in [0.1, 0.15) is 34.8 Å². The lowest BCUT2D eigenvalue weighted by molar-refractivity contribution is 0.0958. The second-order valence-electron chi connectivity index (χ2n) is 4.35. The molecule has 3 N–H and O–H groups in total. The number of nitrogens with zero attached hydrogens (tertiary/aromatic N) is 2. The number of aromatic nitrogens is 1. The van der Waals surface area contributed by atoms with Gasteiger partial charge in [0.2, 0.25) is 0 Å². The molecule has 0 spiro atoms. The first-order chi connectivity index (χ1) is 10.7. The maximum Gasteiger partial charge on any atom is 0.283 e. The molecule has 2 aromatic rings. The van der Waals surface area contributed by atoms with Crippen molar-refractivity contribution in [2.45, 2.75) is 20.3 Å². The van der Waals surface area contributed by atoms with E-state index in [0.29, 0.717) is 28.7 Å². The van der Waals surface area contributed by atoms with Crippen LogP contribution in [0.4, 0.5) is 5.13 Å². The number of nitrogens with two attached hydrogens (primary N) is 1. The molecule has 0 unspecified atom stereocenters. The molecule has 22 heavy (non-hydrogen) atoms. The fraction of sp³-hybridized carbons (Fsp3) is 0.267. The Hall–Kier alpha value is -2.41. The zero-order valence-corrected chi connectivity index (χ0v) is 13.3. The highest BCUT2D eigenvalue weighted by Crippen LogP contribution is 2.20. The molecule has 7 heteroatoms. The molecule has 0 atom stereocenters. The van der Waals surface area contributed by atoms with E-state index in [-0.39, 0.29) is 5.91 Å². The highest BCUT2D eigenvalue weighted by Gasteiger charge is 2.15. The molecular weight excluding hydrogens is 300 g/mol. The Morgan fingerprint density at radius 3 is 2.95 bits per heavy atom. The summed E-state index contributed by atoms with van der Waals surface area (Å²) in [6.45, 7) is 4.40. The lowest BCUT2D eigenvalue weighted by Gasteiger charge is -2.05. The van der Waals surface area contributed by atoms with Crippen molar-refractivity contribution in [1.29, 1.82) is 0 Å². The molecule has 0 bridgehead atoms. The summed E-state index contributed by atoms with van der Waals surface area (Å²) in [6.07, 6.45) is 2.20. The van der Waals surface area contributed by atoms with Gasteiger partial charge in [0.1, 0.15) is 10.6 Å². The summed E-state index contributed by atoms with van der Waals surface area (Å²) in [6, 6.07) is 7.48. The quantitative estimate of drug-likeness (QED) is 0.632. The fourth-order valence-electron chi connectivity index (χ4n) is 1.87. The Bertz CT molecular complexity index is 682. The van der Waals surface area contributed by atoms with Gasteiger partial charge in [-0.15, -0.1) is 0 Å². The van der Waals surface area contributed by atoms with Crippen LogP contribution in [0.25, 0.3) is 0 Å². The number of amides is 1. The number of anilines is 1. The van der Waals surface area contributed by atoms with Crippen molar-refractivity contribution >= 4 is 28.6 Å². The Balaban J connectivity index is 2.07. The molecule has 2 rings (SSSR count). The number of thiazole rings is 1. The highest BCUT2D eigenvalue weighted by molar-refractivity contribution is 7.17. The van der Waals surface area contributed by atoms with Crippen molar-refractivity contribution in [3.8, 4) is 5.75 Å². The third-order valence-corrected chi connectivity index (χ3v) is 3.77. The second-order valence-corrected chi connectivity index (χ2v) is 5.38. The Labute approximate surface area is 133 Å². The number of benzene rings is 1. The standard InChI is InChI=1S/C15H18N4O2S/c1-3-11-13(22-15(16)18-11)14(20)19-17-9-10-7-5-6-8-12(10)21-4-2/h5-9H,3-4H2,1-2H3,(H2,16,18)(H,19,20)/b17-9+. The summed E-state index contributed by atoms with van der Waals surface area (Å²) >= 11 is 1.16. The molecule has 0 aliphatic heterocycles. The Morgan fingerprint density at radius 1 is 1.45 bits per heavy atom. The van der Waals surface area contributed by atoms with Gasteiger partial charge in [-0.1, -0.05) is 30.4 Å². The minimum Gasteiger partial charge on any atom is -0.493 e. The third kappa shape index (κ3) is 3.82. The summed E-state index contributed by atoms with van der Waals surface area (Å²) in [7, 11) is 0. The van der Waals surface area contributed by atoms with Crippen LogP contribution in [0.2, 0.25) is 0 Å². The van der Waals surface area contributed by atoms with Crippen molar-refractivity contribution < 1.29 is 9.53 Å². The summed E-state index contributed by atoms with van der Waals surface area (Å²) in [4.78, 5) is 16.7. The van der Waals surface area contributed by atoms with Gasteiger partial charge in [0.05, 0.1) is 18.5 Å². The fourth-order valence-corrected chi connectivity index (χ4v) is 2.68. The first kappa shape index (κ1) is 16.0. The van der Waals surface area contributed by atoms with E-state index in [2.05, 4.69) is 15.5 Å². The molecule has 0 saturated heterocycles. The van der Waals surface area contributed by atoms with E-state index in [9.17, 15) is 4.79 Å². The Kier molecular flexibility index (Phi) is 5.48. The van der Waals surface area contributed by atoms with E-state index in [1.165, 1.54) is 0 Å². The number of nitrogens with one attached hydrogen (secondary N) is 1. The molecule has 1 aromatic carbocycles. The van der Waals surface area contributed by atoms with Gasteiger partial charge in [-0.05, 0) is 25.5 Å². The number of ether oxygens (including phenoxy) is 1. The van der Waals surface area contributed by atoms with Gasteiger partial charge >= 0.3 is 0 Å². The second kappa shape index (κ2) is 7.56. The zero-order valence-electron chi connectivity index (χ0n) is 12.5. The SMILES string of the molecule is CCOc1ccccc1/C=N/NC(=O)c1sc(N)nc1CC. The number of hydrogen-bond acceptors (Lipinski definition) is 6. The van der Waals surface area contributed by atoms with Gasteiger partial charge in [0.15, 0.2) is 5.13 Å². The van der Waals surface area contributed by atoms with Gasteiger partial charge in [-0.2, -0.15) is 5.10 Å². The van der Waals surface area contributed by atoms with E-state index in [0.717, 1.165) is 22.6 Å². The van der Waals surface area contributed by atoms with E-state index >= 15 is 0 Å². The molecule has 0 radical (unpaired) electrons. The third-order valence-electron chi connectivity index (χ3n) is 2.84. The number of nitrogen functional groups attached to an aromatic ring is 1. The van der Waals surface area contributed by atoms with Gasteiger partial charge in [0, 0.05) is 5.56 Å². The maximum atomic E-state index is 12.1. The summed E-state index contributed by atoms with van der Waals surface area (Å²) < 4.78 is 5.49. The van der Waals surface area contributed by atoms with Crippen molar-refractivity contribution in [3.63, 3.8) is 0 Å². The summed E-state index contributed by atoms with van der Waals surface area (Å²) in [5.41, 5.74) is 9.61. The van der Waals surface area contributed by atoms with Gasteiger partial charge in [-0.3, -0.25) is 4.79 Å². The molecule has 6 nitrogen and oxygen atoms in total. The van der Waals surface area contributed by atoms with Crippen LogP contribution in [0, 0.1) is 0 Å². The largest absolute Gasteiger partial charge is 0.493 e. The van der Waals surface area contributed by atoms with Crippen LogP contribution >= 0.6 is 11.3 Å². The predicted octanol–water partition coefficient (Wildman–Crippen LogP) is 2.45. The predicted molar refractivity (Wildman–Crippen MR) is 88.6 cm³/mol. The molecule has 0 fully saturated rings. The molecule has 1 heterocycles. The molecule has 0 aliphatic rings. The molecule has 0 aliphatic carbocycles. The molecule has 116 valence electrons. The van der Waals surface area contributed by atoms with Crippen LogP contribution in [0.5, 0.6) is 5.75 Å². The van der Waals surface area contributed by atoms with Crippen LogP contribution in [0.3, 0.4) is 0 Å². The smallest absolute Gasteiger partial charge is 0.283 e. The Morgan fingerprint density at radius 2 is 2.23 bits per heavy atom. The lowest BCUT2D eigenvalue weighted by atomic mass is 10.2. The summed E-state index contributed by atoms with van der Waals surface area (Å²) in [5, 5.41) is 4.36. The molecule has 0 saturated carbocycles. The average molecular weight is 318 g/mol. The van der Waals surface area contributed by atoms with Crippen LogP contribution < -0.4 is 15.9 Å². The zero-order chi connectivity index (χ0) is 15.9. The monoisotopic (exact) mass is 318 g/mol. The van der Waals surface area contributed by atoms with Gasteiger partial charge < -0.3 is 10.5 Å². The molecule has 1 aromatic heterocycles. The van der Waals surface area contributed by atoms with Crippen molar-refractivity contribution in [2.24, 2.45) is 5.10 Å². The minimum atomic E-state index is -0.309. The topological polar surface area (TPSA) is 89.6 Å². The number of hydrazone groups is 1. The van der Waals surface area contributed by atoms with Crippen LogP contribution in [-0.4, -0.2) is 23.7 Å². The van der Waals surface area contributed by atoms with Crippen molar-refractivity contribution in [2.75, 3.05) is 12.3 Å². The van der Waals surface area contributed by atoms with E-state index in [4.69, 9.17) is 10.5 Å². The first-order valence-electron chi connectivity index (χ1n) is 6.96. The number of aryl methyl sites for hydroxylation is 1. The van der Waals surface area contributed by atoms with Crippen molar-refractivity contribution in [1.82, 2.24) is 10.4 Å². The van der Waals surface area contributed by atoms with Gasteiger partial charge in [-0.25, -0.2) is 10.4 Å². The molecular formula is C15H18N4O2S. The number of carbonyl (C=O) groups excluding carboxylic acids is 1. The van der Waals surface area contributed by atoms with Crippen molar-refractivity contribution in [3.05, 3.63) is 40.4 Å². The normalized spacial score (nSPS) is 10.8. The number of rotatable bonds is 6. The number of para-hydroxylation sites is 1. The van der Waals surface area contributed by atoms with E-state index in [1.807, 2.05) is 38.1 Å². The van der Waals surface area contributed by atoms with Gasteiger partial charge in [0.25, 0.3) is 5.91 Å². The lowest BCUT2D eigenvalue weighted by Crippen LogP contribution is -2.17. The number of hydrogen-bond donors (Lipinski definition) is 2. The van der Waals surface area contributed by atoms with E-state index < -0.39 is 0 Å². The van der Waals surface area contributed by atoms with Crippen LogP contribution in [-0.2, 0) is 6.42 Å². The maximum absolute atomic E-state index is 12.1. The first-order valence-corrected chi connectivity index (χ1v) is 7.77. The van der Waals surface area contributed by atoms with Crippen LogP contribution in [0.15, 0.2) is 29.4 Å². The minimum absolute atomic E-state index is 0.309. The van der Waals surface area contributed by atoms with E-state index in [1.54, 1.807) is 6.21 Å². The summed E-state index contributed by atoms with van der Waals surface area (Å²) in [5.74, 6) is 0.412. The highest BCUT2D eigenvalue weighted by atomic mass is 32.1. The molecule has 1 amide bonds. The average Bonchev–Trinajstić information content (AvgIpc) is 2.90.